The zero-order chi connectivity index (χ0) is 88.3. The summed E-state index contributed by atoms with van der Waals surface area (Å²) in [6, 6.07) is -2.48. The molecule has 46 heteroatoms. The SMILES string of the molecule is CCC[NH2+]CC.Fc1c(F)c(F)c(-c2c(C(F)(F)F)c(F)c(F)c(F)c2C(F)(F)C(F)(F)F)c(F)c1F.Fc1cc2c(c(F)c1F)-c1c(F)c(F)c(F)c(F)c1C2[B-](C1c2cc(F)c(F)c(F)c2-c2c(F)c(F)c(F)c(F)c21)(C1c2cc(F)c(F)c(F)c2-c2c(F)c(F)c(F)c(F)c21)C1c2cc(F)c(F)c(F)c2-c2c(F)c(F)c(F)c(F)c21. The Balaban J connectivity index is 0.000000288. The first-order chi connectivity index (χ1) is 54.6. The molecule has 4 aliphatic carbocycles. The highest BCUT2D eigenvalue weighted by atomic mass is 19.4. The predicted octanol–water partition coefficient (Wildman–Crippen LogP) is 23.9. The van der Waals surface area contributed by atoms with Gasteiger partial charge in [-0.05, 0) is 59.9 Å². The number of rotatable bonds is 9. The fourth-order valence-electron chi connectivity index (χ4n) is 16.2. The average molecular weight is 1750 g/mol. The van der Waals surface area contributed by atoms with Crippen LogP contribution in [0, 0.1) is 209 Å². The van der Waals surface area contributed by atoms with Gasteiger partial charge in [-0.3, -0.25) is 0 Å². The molecule has 626 valence electrons. The lowest BCUT2D eigenvalue weighted by atomic mass is 9.01. The molecule has 0 saturated carbocycles. The van der Waals surface area contributed by atoms with Crippen LogP contribution < -0.4 is 5.32 Å². The molecule has 1 nitrogen and oxygen atoms in total. The Bertz CT molecular complexity index is 5520. The van der Waals surface area contributed by atoms with E-state index in [1.165, 1.54) is 19.5 Å². The van der Waals surface area contributed by atoms with Crippen molar-refractivity contribution in [1.82, 2.24) is 0 Å². The van der Waals surface area contributed by atoms with Gasteiger partial charge >= 0.3 is 18.3 Å². The van der Waals surface area contributed by atoms with E-state index in [0.717, 1.165) is 0 Å². The molecule has 0 fully saturated rings. The molecular weight excluding hydrogens is 1730 g/mol. The van der Waals surface area contributed by atoms with Gasteiger partial charge in [-0.15, -0.1) is 23.3 Å². The monoisotopic (exact) mass is 1750 g/mol. The standard InChI is InChI=1S/C52H8BF28.C15F16.C5H13N/c54-9-1-5-13(33(62)29(9)58)17-21(41(70)49(78)45(74)37(17)66)25(5)53(26-6-2-10(55)30(59)34(63)14(6)18-22(26)42(71)50(79)46(75)38(18)67,27-7-3-11(56)31(60)35(64)15(7)19-23(27)43(72)51(80)47(76)39(19)68)28-8-4-12(57)32(61)36(65)16(8)20-24(28)44(73)52(81)48(77)40(20)69;16-5-2(6(17)10(21)12(23)9(5)20)1-3(13(24,25)15(29,30)31)7(18)11(22)8(19)4(1)14(26,27)28;1-3-5-6-4-2/h1-4,25-28H;;6H,3-5H2,1-2H3/q-1;;/p+1. The van der Waals surface area contributed by atoms with Crippen LogP contribution in [0.3, 0.4) is 0 Å². The number of quaternary nitrogens is 1. The molecule has 4 atom stereocenters. The summed E-state index contributed by atoms with van der Waals surface area (Å²) in [5.74, 6) is -137. The molecule has 0 heterocycles. The van der Waals surface area contributed by atoms with Crippen LogP contribution in [0.15, 0.2) is 24.3 Å². The van der Waals surface area contributed by atoms with Crippen LogP contribution in [0.1, 0.15) is 99.2 Å². The van der Waals surface area contributed by atoms with Gasteiger partial charge in [0.15, 0.2) is 204 Å². The maximum atomic E-state index is 17.7. The number of alkyl halides is 8. The van der Waals surface area contributed by atoms with Crippen LogP contribution in [0.25, 0.3) is 55.6 Å². The third-order valence-corrected chi connectivity index (χ3v) is 20.4. The second kappa shape index (κ2) is 29.0. The van der Waals surface area contributed by atoms with Crippen molar-refractivity contribution in [2.24, 2.45) is 0 Å². The summed E-state index contributed by atoms with van der Waals surface area (Å²) in [6.45, 7) is 6.90. The molecule has 10 aromatic carbocycles. The minimum Gasteiger partial charge on any atom is -0.346 e. The summed E-state index contributed by atoms with van der Waals surface area (Å²) in [7, 11) is 0. The number of benzene rings is 10. The first-order valence-electron chi connectivity index (χ1n) is 32.0. The first-order valence-corrected chi connectivity index (χ1v) is 32.0. The van der Waals surface area contributed by atoms with E-state index >= 15 is 123 Å². The highest BCUT2D eigenvalue weighted by Crippen LogP contribution is 2.74. The molecule has 0 aromatic heterocycles. The van der Waals surface area contributed by atoms with Gasteiger partial charge in [-0.2, -0.15) is 35.1 Å². The Morgan fingerprint density at radius 3 is 0.653 bits per heavy atom. The van der Waals surface area contributed by atoms with Crippen LogP contribution >= 0.6 is 0 Å². The van der Waals surface area contributed by atoms with Gasteiger partial charge in [0.05, 0.1) is 30.4 Å². The molecule has 0 saturated heterocycles. The van der Waals surface area contributed by atoms with E-state index in [1.807, 2.05) is 0 Å². The summed E-state index contributed by atoms with van der Waals surface area (Å²) in [4.78, 5) is 0. The van der Waals surface area contributed by atoms with Crippen molar-refractivity contribution < 1.29 is 198 Å². The molecule has 2 N–H and O–H groups in total. The largest absolute Gasteiger partial charge is 0.458 e. The Kier molecular flexibility index (Phi) is 21.3. The lowest BCUT2D eigenvalue weighted by Gasteiger charge is -2.60. The number of nitrogens with two attached hydrogens (primary N) is 1. The van der Waals surface area contributed by atoms with Gasteiger partial charge < -0.3 is 5.32 Å². The third kappa shape index (κ3) is 11.6. The Morgan fingerprint density at radius 2 is 0.441 bits per heavy atom. The Labute approximate surface area is 623 Å². The quantitative estimate of drug-likeness (QED) is 0.0488. The average Bonchev–Trinajstić information content (AvgIpc) is 1.47. The number of hydrogen-bond donors (Lipinski definition) is 1. The van der Waals surface area contributed by atoms with Gasteiger partial charge in [0.1, 0.15) is 5.56 Å². The summed E-state index contributed by atoms with van der Waals surface area (Å²) < 4.78 is 676. The lowest BCUT2D eigenvalue weighted by molar-refractivity contribution is -0.651. The maximum Gasteiger partial charge on any atom is 0.458 e. The molecule has 0 amide bonds. The molecule has 10 aromatic rings. The van der Waals surface area contributed by atoms with Crippen LogP contribution in [-0.4, -0.2) is 25.4 Å². The fraction of sp³-hybridized carbons (Fsp3) is 0.167. The van der Waals surface area contributed by atoms with E-state index < -0.39 is 393 Å². The minimum atomic E-state index is -7.10. The van der Waals surface area contributed by atoms with Crippen molar-refractivity contribution in [1.29, 1.82) is 0 Å². The first kappa shape index (κ1) is 86.5. The van der Waals surface area contributed by atoms with Crippen molar-refractivity contribution in [3.63, 3.8) is 0 Å². The Hall–Kier alpha value is -10.9. The topological polar surface area (TPSA) is 16.6 Å². The smallest absolute Gasteiger partial charge is 0.346 e. The van der Waals surface area contributed by atoms with Gasteiger partial charge in [-0.1, -0.05) is 29.2 Å². The van der Waals surface area contributed by atoms with Gasteiger partial charge in [0, 0.05) is 50.1 Å². The maximum absolute atomic E-state index is 17.7. The summed E-state index contributed by atoms with van der Waals surface area (Å²) in [5, 5.41) is 2.31. The van der Waals surface area contributed by atoms with Crippen LogP contribution in [0.4, 0.5) is 193 Å². The fourth-order valence-corrected chi connectivity index (χ4v) is 16.2. The van der Waals surface area contributed by atoms with Crippen molar-refractivity contribution in [3.8, 4) is 55.6 Å². The van der Waals surface area contributed by atoms with E-state index in [2.05, 4.69) is 19.2 Å². The van der Waals surface area contributed by atoms with E-state index in [-0.39, 0.29) is 0 Å². The molecular formula is C72H22BF44N. The van der Waals surface area contributed by atoms with Crippen molar-refractivity contribution >= 4 is 6.15 Å². The molecule has 0 aliphatic heterocycles. The molecule has 14 rings (SSSR count). The number of halogens is 44. The molecule has 0 bridgehead atoms. The molecule has 4 unspecified atom stereocenters. The summed E-state index contributed by atoms with van der Waals surface area (Å²) in [6.07, 6.45) is -19.0. The van der Waals surface area contributed by atoms with E-state index in [0.29, 0.717) is 0 Å². The minimum absolute atomic E-state index is 0.621. The van der Waals surface area contributed by atoms with Crippen molar-refractivity contribution in [2.45, 2.75) is 61.8 Å². The van der Waals surface area contributed by atoms with Crippen LogP contribution in [0.2, 0.25) is 0 Å². The number of hydrogen-bond acceptors (Lipinski definition) is 0. The highest BCUT2D eigenvalue weighted by Gasteiger charge is 2.67. The second-order valence-corrected chi connectivity index (χ2v) is 26.1. The summed E-state index contributed by atoms with van der Waals surface area (Å²) >= 11 is 0. The second-order valence-electron chi connectivity index (χ2n) is 26.1. The lowest BCUT2D eigenvalue weighted by Crippen LogP contribution is -2.83. The zero-order valence-electron chi connectivity index (χ0n) is 56.0. The third-order valence-electron chi connectivity index (χ3n) is 20.4. The van der Waals surface area contributed by atoms with E-state index in [9.17, 15) is 70.2 Å². The molecule has 118 heavy (non-hydrogen) atoms. The van der Waals surface area contributed by atoms with E-state index in [1.54, 1.807) is 0 Å². The van der Waals surface area contributed by atoms with Gasteiger partial charge in [0.2, 0.25) is 5.82 Å². The molecule has 4 aliphatic rings. The summed E-state index contributed by atoms with van der Waals surface area (Å²) in [5.41, 5.74) is -52.2. The predicted molar refractivity (Wildman–Crippen MR) is 314 cm³/mol. The number of fused-ring (bicyclic) bond motifs is 12. The van der Waals surface area contributed by atoms with Crippen LogP contribution in [-0.2, 0) is 12.1 Å². The van der Waals surface area contributed by atoms with Crippen molar-refractivity contribution in [2.75, 3.05) is 13.1 Å². The van der Waals surface area contributed by atoms with E-state index in [4.69, 9.17) is 0 Å². The van der Waals surface area contributed by atoms with Gasteiger partial charge in [0.25, 0.3) is 0 Å². The zero-order valence-corrected chi connectivity index (χ0v) is 56.0. The van der Waals surface area contributed by atoms with Crippen molar-refractivity contribution in [3.05, 3.63) is 289 Å². The highest BCUT2D eigenvalue weighted by molar-refractivity contribution is 6.88. The molecule has 0 spiro atoms. The Morgan fingerprint density at radius 1 is 0.237 bits per heavy atom. The normalized spacial score (nSPS) is 16.1. The molecule has 0 radical (unpaired) electrons. The van der Waals surface area contributed by atoms with Crippen LogP contribution in [0.5, 0.6) is 0 Å². The van der Waals surface area contributed by atoms with Gasteiger partial charge in [-0.25, -0.2) is 158 Å².